The highest BCUT2D eigenvalue weighted by Crippen LogP contribution is 2.47. The fraction of sp³-hybridized carbons (Fsp3) is 0.500. The first kappa shape index (κ1) is 12.8. The van der Waals surface area contributed by atoms with Gasteiger partial charge in [0.1, 0.15) is 0 Å². The van der Waals surface area contributed by atoms with E-state index < -0.39 is 0 Å². The van der Waals surface area contributed by atoms with Gasteiger partial charge in [-0.25, -0.2) is 0 Å². The third-order valence-electron chi connectivity index (χ3n) is 4.10. The molecule has 1 rings (SSSR count). The molecule has 0 fully saturated rings. The summed E-state index contributed by atoms with van der Waals surface area (Å²) < 4.78 is 0. The summed E-state index contributed by atoms with van der Waals surface area (Å²) in [6, 6.07) is 0. The molecule has 0 heterocycles. The van der Waals surface area contributed by atoms with Gasteiger partial charge >= 0.3 is 0 Å². The van der Waals surface area contributed by atoms with Crippen LogP contribution in [0.4, 0.5) is 0 Å². The van der Waals surface area contributed by atoms with Gasteiger partial charge in [-0.05, 0) is 58.8 Å². The van der Waals surface area contributed by atoms with Crippen molar-refractivity contribution >= 4 is 5.71 Å². The number of nitrogens with two attached hydrogens (primary N) is 1. The van der Waals surface area contributed by atoms with Crippen LogP contribution in [0.3, 0.4) is 0 Å². The van der Waals surface area contributed by atoms with Crippen molar-refractivity contribution in [2.45, 2.75) is 41.5 Å². The third kappa shape index (κ3) is 1.62. The molecule has 0 aromatic heterocycles. The minimum Gasteiger partial charge on any atom is -0.402 e. The van der Waals surface area contributed by atoms with Crippen molar-refractivity contribution in [3.05, 3.63) is 34.1 Å². The first-order valence-electron chi connectivity index (χ1n) is 5.62. The quantitative estimate of drug-likeness (QED) is 0.684. The molecule has 0 saturated carbocycles. The lowest BCUT2D eigenvalue weighted by Gasteiger charge is -2.28. The zero-order chi connectivity index (χ0) is 12.7. The van der Waals surface area contributed by atoms with Crippen LogP contribution in [0.5, 0.6) is 0 Å². The van der Waals surface area contributed by atoms with Gasteiger partial charge in [0.25, 0.3) is 0 Å². The third-order valence-corrected chi connectivity index (χ3v) is 4.10. The van der Waals surface area contributed by atoms with Crippen molar-refractivity contribution in [2.24, 2.45) is 11.1 Å². The fourth-order valence-corrected chi connectivity index (χ4v) is 2.37. The monoisotopic (exact) mass is 218 g/mol. The lowest BCUT2D eigenvalue weighted by Crippen LogP contribution is -2.27. The maximum absolute atomic E-state index is 8.23. The zero-order valence-corrected chi connectivity index (χ0v) is 11.2. The topological polar surface area (TPSA) is 49.9 Å². The summed E-state index contributed by atoms with van der Waals surface area (Å²) >= 11 is 0. The van der Waals surface area contributed by atoms with Crippen molar-refractivity contribution in [3.63, 3.8) is 0 Å². The van der Waals surface area contributed by atoms with Crippen LogP contribution in [-0.2, 0) is 0 Å². The van der Waals surface area contributed by atoms with E-state index in [9.17, 15) is 0 Å². The van der Waals surface area contributed by atoms with Crippen LogP contribution in [0.25, 0.3) is 0 Å². The molecule has 88 valence electrons. The number of rotatable bonds is 2. The van der Waals surface area contributed by atoms with Gasteiger partial charge in [-0.15, -0.1) is 0 Å². The molecule has 0 spiro atoms. The van der Waals surface area contributed by atoms with Crippen LogP contribution >= 0.6 is 0 Å². The molecule has 2 nitrogen and oxygen atoms in total. The Labute approximate surface area is 98.4 Å². The average Bonchev–Trinajstić information content (AvgIpc) is 2.34. The summed E-state index contributed by atoms with van der Waals surface area (Å²) in [5.74, 6) is 0. The SMILES string of the molecule is CC1=C(C)C(C)(C(=N)/C=C(\C)N)C(C)=C1C. The van der Waals surface area contributed by atoms with E-state index in [1.54, 1.807) is 6.08 Å². The van der Waals surface area contributed by atoms with Crippen LogP contribution in [0.15, 0.2) is 34.1 Å². The van der Waals surface area contributed by atoms with Crippen molar-refractivity contribution in [1.82, 2.24) is 0 Å². The minimum atomic E-state index is -0.269. The molecule has 0 radical (unpaired) electrons. The van der Waals surface area contributed by atoms with E-state index >= 15 is 0 Å². The van der Waals surface area contributed by atoms with Gasteiger partial charge in [0.15, 0.2) is 0 Å². The first-order chi connectivity index (χ1) is 7.22. The average molecular weight is 218 g/mol. The maximum Gasteiger partial charge on any atom is 0.0515 e. The molecular formula is C14H22N2. The summed E-state index contributed by atoms with van der Waals surface area (Å²) in [6.07, 6.45) is 1.76. The molecule has 0 bridgehead atoms. The smallest absolute Gasteiger partial charge is 0.0515 e. The van der Waals surface area contributed by atoms with Gasteiger partial charge in [0, 0.05) is 11.4 Å². The van der Waals surface area contributed by atoms with Gasteiger partial charge in [-0.3, -0.25) is 0 Å². The second-order valence-corrected chi connectivity index (χ2v) is 4.93. The minimum absolute atomic E-state index is 0.269. The number of hydrogen-bond donors (Lipinski definition) is 2. The Hall–Kier alpha value is -1.31. The van der Waals surface area contributed by atoms with E-state index in [1.807, 2.05) is 6.92 Å². The van der Waals surface area contributed by atoms with E-state index in [0.29, 0.717) is 11.4 Å². The summed E-state index contributed by atoms with van der Waals surface area (Å²) in [5, 5.41) is 8.23. The van der Waals surface area contributed by atoms with Crippen LogP contribution in [0.2, 0.25) is 0 Å². The van der Waals surface area contributed by atoms with E-state index in [1.165, 1.54) is 22.3 Å². The van der Waals surface area contributed by atoms with Gasteiger partial charge in [-0.1, -0.05) is 11.1 Å². The summed E-state index contributed by atoms with van der Waals surface area (Å²) in [4.78, 5) is 0. The van der Waals surface area contributed by atoms with Gasteiger partial charge in [-0.2, -0.15) is 0 Å². The molecule has 0 unspecified atom stereocenters. The number of hydrogen-bond acceptors (Lipinski definition) is 2. The first-order valence-corrected chi connectivity index (χ1v) is 5.62. The lowest BCUT2D eigenvalue weighted by molar-refractivity contribution is 0.670. The molecule has 16 heavy (non-hydrogen) atoms. The molecule has 2 heteroatoms. The predicted molar refractivity (Wildman–Crippen MR) is 70.5 cm³/mol. The van der Waals surface area contributed by atoms with Crippen molar-refractivity contribution in [3.8, 4) is 0 Å². The molecule has 0 aliphatic heterocycles. The van der Waals surface area contributed by atoms with Gasteiger partial charge < -0.3 is 11.1 Å². The molecule has 0 aromatic rings. The van der Waals surface area contributed by atoms with E-state index in [0.717, 1.165) is 0 Å². The standard InChI is InChI=1S/C14H22N2/c1-8(15)7-13(16)14(6)11(4)9(2)10(3)12(14)5/h7,16H,15H2,1-6H3/b8-7+,16-13?. The molecule has 0 amide bonds. The van der Waals surface area contributed by atoms with E-state index in [4.69, 9.17) is 11.1 Å². The summed E-state index contributed by atoms with van der Waals surface area (Å²) in [7, 11) is 0. The van der Waals surface area contributed by atoms with Crippen LogP contribution in [0.1, 0.15) is 41.5 Å². The molecular weight excluding hydrogens is 196 g/mol. The van der Waals surface area contributed by atoms with Gasteiger partial charge in [0.05, 0.1) is 5.41 Å². The highest BCUT2D eigenvalue weighted by atomic mass is 14.6. The summed E-state index contributed by atoms with van der Waals surface area (Å²) in [5.41, 5.74) is 11.8. The number of nitrogens with one attached hydrogen (secondary N) is 1. The highest BCUT2D eigenvalue weighted by Gasteiger charge is 2.38. The van der Waals surface area contributed by atoms with Crippen molar-refractivity contribution < 1.29 is 0 Å². The van der Waals surface area contributed by atoms with E-state index in [-0.39, 0.29) is 5.41 Å². The van der Waals surface area contributed by atoms with E-state index in [2.05, 4.69) is 34.6 Å². The molecule has 3 N–H and O–H groups in total. The fourth-order valence-electron chi connectivity index (χ4n) is 2.37. The molecule has 0 atom stereocenters. The van der Waals surface area contributed by atoms with Crippen LogP contribution in [0, 0.1) is 10.8 Å². The lowest BCUT2D eigenvalue weighted by atomic mass is 9.75. The summed E-state index contributed by atoms with van der Waals surface area (Å²) in [6.45, 7) is 12.4. The molecule has 0 saturated heterocycles. The largest absolute Gasteiger partial charge is 0.402 e. The zero-order valence-electron chi connectivity index (χ0n) is 11.2. The van der Waals surface area contributed by atoms with Crippen LogP contribution < -0.4 is 5.73 Å². The predicted octanol–water partition coefficient (Wildman–Crippen LogP) is 3.56. The Morgan fingerprint density at radius 3 is 1.81 bits per heavy atom. The Morgan fingerprint density at radius 2 is 1.50 bits per heavy atom. The Morgan fingerprint density at radius 1 is 1.12 bits per heavy atom. The normalized spacial score (nSPS) is 20.8. The van der Waals surface area contributed by atoms with Crippen LogP contribution in [-0.4, -0.2) is 5.71 Å². The second-order valence-electron chi connectivity index (χ2n) is 4.93. The molecule has 0 aromatic carbocycles. The van der Waals surface area contributed by atoms with Crippen molar-refractivity contribution in [1.29, 1.82) is 5.41 Å². The maximum atomic E-state index is 8.23. The highest BCUT2D eigenvalue weighted by molar-refractivity contribution is 6.03. The second kappa shape index (κ2) is 3.93. The van der Waals surface area contributed by atoms with Gasteiger partial charge in [0.2, 0.25) is 0 Å². The van der Waals surface area contributed by atoms with Crippen molar-refractivity contribution in [2.75, 3.05) is 0 Å². The molecule has 1 aliphatic rings. The Balaban J connectivity index is 3.33. The number of allylic oxidation sites excluding steroid dienone is 6. The molecule has 1 aliphatic carbocycles. The Bertz CT molecular complexity index is 406. The Kier molecular flexibility index (Phi) is 3.13.